The van der Waals surface area contributed by atoms with E-state index in [1.165, 1.54) is 12.1 Å². The number of likely N-dealkylation sites (N-methyl/N-ethyl adjacent to an activating group) is 1. The van der Waals surface area contributed by atoms with Gasteiger partial charge in [-0.25, -0.2) is 0 Å². The Kier molecular flexibility index (Phi) is 9.10. The number of halogens is 1. The molecule has 0 aromatic heterocycles. The predicted octanol–water partition coefficient (Wildman–Crippen LogP) is 1.75. The van der Waals surface area contributed by atoms with Crippen molar-refractivity contribution in [3.8, 4) is 5.75 Å². The van der Waals surface area contributed by atoms with Crippen LogP contribution in [0.4, 0.5) is 5.69 Å². The van der Waals surface area contributed by atoms with Crippen molar-refractivity contribution >= 4 is 34.0 Å². The zero-order valence-corrected chi connectivity index (χ0v) is 16.0. The molecule has 0 bridgehead atoms. The molecule has 6 nitrogen and oxygen atoms in total. The lowest BCUT2D eigenvalue weighted by atomic mass is 10.1. The highest BCUT2D eigenvalue weighted by Gasteiger charge is 2.16. The average molecular weight is 376 g/mol. The first-order chi connectivity index (χ1) is 11.4. The van der Waals surface area contributed by atoms with E-state index in [0.717, 1.165) is 19.6 Å². The second kappa shape index (κ2) is 10.5. The summed E-state index contributed by atoms with van der Waals surface area (Å²) in [6.07, 6.45) is 1.60. The Morgan fingerprint density at radius 2 is 2.04 bits per heavy atom. The number of carbonyl (C=O) groups excluding carboxylic acids is 1. The number of carbonyl (C=O) groups is 1. The molecular formula is C16H26ClN3O3S. The number of hydrogen-bond donors (Lipinski definition) is 2. The van der Waals surface area contributed by atoms with Gasteiger partial charge < -0.3 is 20.7 Å². The molecule has 0 saturated heterocycles. The molecule has 0 saturated carbocycles. The Hall–Kier alpha value is -1.31. The molecule has 8 heteroatoms. The number of nitrogens with one attached hydrogen (secondary N) is 1. The summed E-state index contributed by atoms with van der Waals surface area (Å²) < 4.78 is 16.7. The van der Waals surface area contributed by atoms with Crippen molar-refractivity contribution in [2.75, 3.05) is 50.5 Å². The number of nitrogens with zero attached hydrogens (tertiary/aromatic N) is 1. The highest BCUT2D eigenvalue weighted by atomic mass is 35.5. The van der Waals surface area contributed by atoms with Gasteiger partial charge in [-0.3, -0.25) is 9.00 Å². The number of anilines is 1. The zero-order valence-electron chi connectivity index (χ0n) is 14.4. The third kappa shape index (κ3) is 6.67. The molecule has 3 N–H and O–H groups in total. The van der Waals surface area contributed by atoms with Gasteiger partial charge in [0.05, 0.1) is 28.6 Å². The fraction of sp³-hybridized carbons (Fsp3) is 0.562. The average Bonchev–Trinajstić information content (AvgIpc) is 2.54. The molecule has 1 rings (SSSR count). The topological polar surface area (TPSA) is 84.7 Å². The first-order valence-corrected chi connectivity index (χ1v) is 10.0. The second-order valence-electron chi connectivity index (χ2n) is 5.28. The molecule has 0 unspecified atom stereocenters. The summed E-state index contributed by atoms with van der Waals surface area (Å²) in [5.74, 6) is 0.463. The van der Waals surface area contributed by atoms with Gasteiger partial charge in [-0.05, 0) is 19.2 Å². The molecule has 1 atom stereocenters. The highest BCUT2D eigenvalue weighted by Crippen LogP contribution is 2.29. The molecule has 24 heavy (non-hydrogen) atoms. The van der Waals surface area contributed by atoms with Crippen LogP contribution in [-0.4, -0.2) is 59.8 Å². The van der Waals surface area contributed by atoms with Gasteiger partial charge in [-0.2, -0.15) is 0 Å². The van der Waals surface area contributed by atoms with Gasteiger partial charge >= 0.3 is 0 Å². The van der Waals surface area contributed by atoms with E-state index in [-0.39, 0.29) is 12.5 Å². The molecule has 0 fully saturated rings. The van der Waals surface area contributed by atoms with Gasteiger partial charge in [0, 0.05) is 36.2 Å². The van der Waals surface area contributed by atoms with Crippen molar-refractivity contribution in [2.45, 2.75) is 13.8 Å². The monoisotopic (exact) mass is 375 g/mol. The van der Waals surface area contributed by atoms with Crippen molar-refractivity contribution < 1.29 is 13.7 Å². The largest absolute Gasteiger partial charge is 0.492 e. The van der Waals surface area contributed by atoms with Gasteiger partial charge in [-0.1, -0.05) is 25.4 Å². The van der Waals surface area contributed by atoms with E-state index >= 15 is 0 Å². The van der Waals surface area contributed by atoms with E-state index in [9.17, 15) is 9.00 Å². The summed E-state index contributed by atoms with van der Waals surface area (Å²) in [4.78, 5) is 14.6. The Balaban J connectivity index is 2.77. The van der Waals surface area contributed by atoms with Crippen LogP contribution < -0.4 is 15.8 Å². The first kappa shape index (κ1) is 20.7. The summed E-state index contributed by atoms with van der Waals surface area (Å²) >= 11 is 6.03. The molecule has 1 aromatic rings. The molecule has 136 valence electrons. The number of amides is 1. The van der Waals surface area contributed by atoms with Gasteiger partial charge in [0.15, 0.2) is 0 Å². The molecule has 0 aliphatic heterocycles. The van der Waals surface area contributed by atoms with E-state index in [4.69, 9.17) is 22.1 Å². The SMILES string of the molecule is CCN(CC)CCNC(=O)c1cc(Cl)c(N)cc1OCC[S@@](C)=O. The van der Waals surface area contributed by atoms with Crippen LogP contribution in [0.15, 0.2) is 12.1 Å². The quantitative estimate of drug-likeness (QED) is 0.608. The van der Waals surface area contributed by atoms with Crippen LogP contribution in [0.2, 0.25) is 5.02 Å². The van der Waals surface area contributed by atoms with Crippen LogP contribution in [0.1, 0.15) is 24.2 Å². The molecular weight excluding hydrogens is 350 g/mol. The fourth-order valence-electron chi connectivity index (χ4n) is 2.10. The minimum atomic E-state index is -0.967. The third-order valence-corrected chi connectivity index (χ3v) is 4.65. The maximum Gasteiger partial charge on any atom is 0.255 e. The molecule has 1 aromatic carbocycles. The maximum absolute atomic E-state index is 12.4. The van der Waals surface area contributed by atoms with Crippen molar-refractivity contribution in [3.05, 3.63) is 22.7 Å². The van der Waals surface area contributed by atoms with E-state index in [1.54, 1.807) is 6.26 Å². The number of nitrogens with two attached hydrogens (primary N) is 1. The van der Waals surface area contributed by atoms with Crippen LogP contribution in [0, 0.1) is 0 Å². The maximum atomic E-state index is 12.4. The van der Waals surface area contributed by atoms with Gasteiger partial charge in [0.2, 0.25) is 0 Å². The van der Waals surface area contributed by atoms with Crippen molar-refractivity contribution in [1.29, 1.82) is 0 Å². The third-order valence-electron chi connectivity index (χ3n) is 3.58. The number of benzene rings is 1. The van der Waals surface area contributed by atoms with Gasteiger partial charge in [0.25, 0.3) is 5.91 Å². The summed E-state index contributed by atoms with van der Waals surface area (Å²) in [6, 6.07) is 3.03. The standard InChI is InChI=1S/C16H26ClN3O3S/c1-4-20(5-2)7-6-19-16(21)12-10-13(17)14(18)11-15(12)23-8-9-24(3)22/h10-11H,4-9,18H2,1-3H3,(H,19,21)/t24-/m1/s1. The van der Waals surface area contributed by atoms with Crippen LogP contribution in [0.25, 0.3) is 0 Å². The molecule has 0 spiro atoms. The Morgan fingerprint density at radius 3 is 2.62 bits per heavy atom. The van der Waals surface area contributed by atoms with Crippen LogP contribution in [0.5, 0.6) is 5.75 Å². The predicted molar refractivity (Wildman–Crippen MR) is 100 cm³/mol. The van der Waals surface area contributed by atoms with E-state index < -0.39 is 10.8 Å². The zero-order chi connectivity index (χ0) is 18.1. The molecule has 0 aliphatic rings. The van der Waals surface area contributed by atoms with Crippen molar-refractivity contribution in [3.63, 3.8) is 0 Å². The number of ether oxygens (including phenoxy) is 1. The van der Waals surface area contributed by atoms with E-state index in [2.05, 4.69) is 24.1 Å². The minimum Gasteiger partial charge on any atom is -0.492 e. The number of hydrogen-bond acceptors (Lipinski definition) is 5. The molecule has 0 aliphatic carbocycles. The Morgan fingerprint density at radius 1 is 1.38 bits per heavy atom. The number of rotatable bonds is 10. The highest BCUT2D eigenvalue weighted by molar-refractivity contribution is 7.84. The van der Waals surface area contributed by atoms with Crippen molar-refractivity contribution in [2.24, 2.45) is 0 Å². The van der Waals surface area contributed by atoms with Crippen molar-refractivity contribution in [1.82, 2.24) is 10.2 Å². The van der Waals surface area contributed by atoms with E-state index in [1.807, 2.05) is 0 Å². The van der Waals surface area contributed by atoms with Crippen LogP contribution in [-0.2, 0) is 10.8 Å². The minimum absolute atomic E-state index is 0.240. The van der Waals surface area contributed by atoms with Crippen LogP contribution >= 0.6 is 11.6 Å². The first-order valence-electron chi connectivity index (χ1n) is 7.91. The normalized spacial score (nSPS) is 12.2. The summed E-state index contributed by atoms with van der Waals surface area (Å²) in [5, 5.41) is 3.17. The lowest BCUT2D eigenvalue weighted by Gasteiger charge is -2.18. The molecule has 0 heterocycles. The fourth-order valence-corrected chi connectivity index (χ4v) is 2.58. The van der Waals surface area contributed by atoms with Gasteiger partial charge in [-0.15, -0.1) is 0 Å². The second-order valence-corrected chi connectivity index (χ2v) is 7.24. The summed E-state index contributed by atoms with van der Waals surface area (Å²) in [7, 11) is -0.967. The summed E-state index contributed by atoms with van der Waals surface area (Å²) in [6.45, 7) is 7.56. The van der Waals surface area contributed by atoms with Gasteiger partial charge in [0.1, 0.15) is 5.75 Å². The molecule has 1 amide bonds. The lowest BCUT2D eigenvalue weighted by Crippen LogP contribution is -2.35. The summed E-state index contributed by atoms with van der Waals surface area (Å²) in [5.41, 5.74) is 6.45. The Labute approximate surface area is 151 Å². The Bertz CT molecular complexity index is 580. The number of nitrogen functional groups attached to an aromatic ring is 1. The molecule has 0 radical (unpaired) electrons. The lowest BCUT2D eigenvalue weighted by molar-refractivity contribution is 0.0945. The van der Waals surface area contributed by atoms with E-state index in [0.29, 0.717) is 34.3 Å². The smallest absolute Gasteiger partial charge is 0.255 e. The van der Waals surface area contributed by atoms with Crippen LogP contribution in [0.3, 0.4) is 0 Å².